The summed E-state index contributed by atoms with van der Waals surface area (Å²) in [5, 5.41) is 1.30. The summed E-state index contributed by atoms with van der Waals surface area (Å²) in [7, 11) is 0. The Bertz CT molecular complexity index is 576. The largest absolute Gasteiger partial charge is 0.439 e. The molecule has 0 aliphatic rings. The Kier molecular flexibility index (Phi) is 3.77. The van der Waals surface area contributed by atoms with Crippen molar-refractivity contribution in [1.29, 1.82) is 0 Å². The van der Waals surface area contributed by atoms with Crippen molar-refractivity contribution in [3.8, 4) is 0 Å². The summed E-state index contributed by atoms with van der Waals surface area (Å²) in [6, 6.07) is 1.76. The molecule has 0 atom stereocenters. The second-order valence-electron chi connectivity index (χ2n) is 5.17. The third kappa shape index (κ3) is 3.45. The molecule has 0 spiro atoms. The molecule has 0 aromatic carbocycles. The summed E-state index contributed by atoms with van der Waals surface area (Å²) in [6.07, 6.45) is 1.61. The zero-order chi connectivity index (χ0) is 14.0. The zero-order valence-corrected chi connectivity index (χ0v) is 12.2. The maximum absolute atomic E-state index is 5.44. The van der Waals surface area contributed by atoms with Crippen LogP contribution < -0.4 is 11.3 Å². The highest BCUT2D eigenvalue weighted by atomic mass is 32.2. The fourth-order valence-corrected chi connectivity index (χ4v) is 2.12. The van der Waals surface area contributed by atoms with Crippen LogP contribution in [0.15, 0.2) is 27.0 Å². The van der Waals surface area contributed by atoms with Crippen LogP contribution >= 0.6 is 11.8 Å². The average Bonchev–Trinajstić information content (AvgIpc) is 2.73. The third-order valence-corrected chi connectivity index (χ3v) is 3.09. The fourth-order valence-electron chi connectivity index (χ4n) is 1.36. The number of hydrogen-bond acceptors (Lipinski definition) is 7. The molecule has 2 heterocycles. The molecular formula is C12H17N5OS. The molecular weight excluding hydrogens is 262 g/mol. The van der Waals surface area contributed by atoms with Crippen LogP contribution in [0, 0.1) is 6.92 Å². The molecule has 3 N–H and O–H groups in total. The van der Waals surface area contributed by atoms with Gasteiger partial charge in [0.05, 0.1) is 5.69 Å². The average molecular weight is 279 g/mol. The number of hydrazine groups is 1. The normalized spacial score (nSPS) is 11.6. The lowest BCUT2D eigenvalue weighted by Crippen LogP contribution is -2.19. The number of aryl methyl sites for hydroxylation is 1. The standard InChI is InChI=1S/C12H17N5OS/c1-7-6-18-11(14-7)19-9-5-8(17-13)15-10(16-9)12(2,3)4/h5-6H,13H2,1-4H3,(H,15,16,17). The summed E-state index contributed by atoms with van der Waals surface area (Å²) in [6.45, 7) is 8.02. The molecule has 0 saturated carbocycles. The maximum Gasteiger partial charge on any atom is 0.262 e. The van der Waals surface area contributed by atoms with Crippen molar-refractivity contribution >= 4 is 17.6 Å². The Hall–Kier alpha value is -1.60. The monoisotopic (exact) mass is 279 g/mol. The van der Waals surface area contributed by atoms with Gasteiger partial charge in [0, 0.05) is 11.5 Å². The molecule has 0 aliphatic heterocycles. The van der Waals surface area contributed by atoms with Crippen molar-refractivity contribution in [1.82, 2.24) is 15.0 Å². The molecule has 0 amide bonds. The summed E-state index contributed by atoms with van der Waals surface area (Å²) >= 11 is 1.34. The Balaban J connectivity index is 2.34. The van der Waals surface area contributed by atoms with E-state index in [1.54, 1.807) is 12.3 Å². The number of nitrogens with zero attached hydrogens (tertiary/aromatic N) is 3. The van der Waals surface area contributed by atoms with Crippen LogP contribution in [-0.2, 0) is 5.41 Å². The maximum atomic E-state index is 5.44. The van der Waals surface area contributed by atoms with E-state index in [4.69, 9.17) is 10.3 Å². The predicted molar refractivity (Wildman–Crippen MR) is 73.9 cm³/mol. The second-order valence-corrected chi connectivity index (χ2v) is 6.14. The first kappa shape index (κ1) is 13.8. The summed E-state index contributed by atoms with van der Waals surface area (Å²) in [5.41, 5.74) is 3.24. The highest BCUT2D eigenvalue weighted by Gasteiger charge is 2.19. The van der Waals surface area contributed by atoms with Gasteiger partial charge in [0.25, 0.3) is 5.22 Å². The lowest BCUT2D eigenvalue weighted by molar-refractivity contribution is 0.453. The predicted octanol–water partition coefficient (Wildman–Crippen LogP) is 2.51. The van der Waals surface area contributed by atoms with E-state index in [1.165, 1.54) is 11.8 Å². The van der Waals surface area contributed by atoms with Gasteiger partial charge in [-0.2, -0.15) is 0 Å². The number of nitrogens with one attached hydrogen (secondary N) is 1. The van der Waals surface area contributed by atoms with E-state index < -0.39 is 0 Å². The Labute approximate surface area is 116 Å². The smallest absolute Gasteiger partial charge is 0.262 e. The number of hydrogen-bond donors (Lipinski definition) is 2. The molecule has 0 radical (unpaired) electrons. The van der Waals surface area contributed by atoms with Crippen LogP contribution in [0.4, 0.5) is 5.82 Å². The van der Waals surface area contributed by atoms with E-state index in [9.17, 15) is 0 Å². The molecule has 19 heavy (non-hydrogen) atoms. The SMILES string of the molecule is Cc1coc(Sc2cc(NN)nc(C(C)(C)C)n2)n1. The summed E-state index contributed by atoms with van der Waals surface area (Å²) in [4.78, 5) is 13.1. The number of aromatic nitrogens is 3. The quantitative estimate of drug-likeness (QED) is 0.507. The molecule has 0 unspecified atom stereocenters. The topological polar surface area (TPSA) is 89.9 Å². The summed E-state index contributed by atoms with van der Waals surface area (Å²) in [5.74, 6) is 6.73. The number of nitrogen functional groups attached to an aromatic ring is 1. The first-order valence-electron chi connectivity index (χ1n) is 5.84. The fraction of sp³-hybridized carbons (Fsp3) is 0.417. The van der Waals surface area contributed by atoms with Crippen molar-refractivity contribution in [2.45, 2.75) is 43.4 Å². The number of nitrogens with two attached hydrogens (primary N) is 1. The minimum absolute atomic E-state index is 0.158. The van der Waals surface area contributed by atoms with Crippen molar-refractivity contribution in [2.24, 2.45) is 5.84 Å². The van der Waals surface area contributed by atoms with Gasteiger partial charge >= 0.3 is 0 Å². The van der Waals surface area contributed by atoms with Crippen molar-refractivity contribution in [3.05, 3.63) is 23.8 Å². The van der Waals surface area contributed by atoms with Gasteiger partial charge in [-0.3, -0.25) is 0 Å². The van der Waals surface area contributed by atoms with Gasteiger partial charge in [-0.05, 0) is 18.7 Å². The van der Waals surface area contributed by atoms with Gasteiger partial charge in [-0.15, -0.1) is 0 Å². The zero-order valence-electron chi connectivity index (χ0n) is 11.4. The molecule has 102 valence electrons. The van der Waals surface area contributed by atoms with Crippen LogP contribution in [0.2, 0.25) is 0 Å². The molecule has 2 rings (SSSR count). The van der Waals surface area contributed by atoms with Gasteiger partial charge in [-0.1, -0.05) is 20.8 Å². The van der Waals surface area contributed by atoms with Crippen LogP contribution in [0.3, 0.4) is 0 Å². The molecule has 0 fully saturated rings. The van der Waals surface area contributed by atoms with Gasteiger partial charge in [0.15, 0.2) is 0 Å². The van der Waals surface area contributed by atoms with Gasteiger partial charge in [-0.25, -0.2) is 20.8 Å². The van der Waals surface area contributed by atoms with E-state index in [-0.39, 0.29) is 5.41 Å². The minimum Gasteiger partial charge on any atom is -0.439 e. The Morgan fingerprint density at radius 2 is 2.00 bits per heavy atom. The van der Waals surface area contributed by atoms with E-state index >= 15 is 0 Å². The first-order chi connectivity index (χ1) is 8.88. The van der Waals surface area contributed by atoms with E-state index in [0.717, 1.165) is 10.7 Å². The molecule has 7 heteroatoms. The minimum atomic E-state index is -0.158. The highest BCUT2D eigenvalue weighted by Crippen LogP contribution is 2.29. The molecule has 0 saturated heterocycles. The van der Waals surface area contributed by atoms with Gasteiger partial charge < -0.3 is 9.84 Å². The molecule has 0 aliphatic carbocycles. The number of oxazole rings is 1. The number of anilines is 1. The van der Waals surface area contributed by atoms with Crippen LogP contribution in [0.1, 0.15) is 32.3 Å². The molecule has 2 aromatic heterocycles. The van der Waals surface area contributed by atoms with Crippen molar-refractivity contribution in [2.75, 3.05) is 5.43 Å². The Morgan fingerprint density at radius 1 is 1.26 bits per heavy atom. The molecule has 0 bridgehead atoms. The van der Waals surface area contributed by atoms with Crippen LogP contribution in [-0.4, -0.2) is 15.0 Å². The third-order valence-electron chi connectivity index (χ3n) is 2.31. The van der Waals surface area contributed by atoms with Gasteiger partial charge in [0.2, 0.25) is 0 Å². The first-order valence-corrected chi connectivity index (χ1v) is 6.66. The van der Waals surface area contributed by atoms with Crippen LogP contribution in [0.25, 0.3) is 0 Å². The number of rotatable bonds is 3. The molecule has 6 nitrogen and oxygen atoms in total. The van der Waals surface area contributed by atoms with Crippen molar-refractivity contribution < 1.29 is 4.42 Å². The van der Waals surface area contributed by atoms with Crippen molar-refractivity contribution in [3.63, 3.8) is 0 Å². The second kappa shape index (κ2) is 5.18. The lowest BCUT2D eigenvalue weighted by atomic mass is 9.96. The van der Waals surface area contributed by atoms with Crippen LogP contribution in [0.5, 0.6) is 0 Å². The Morgan fingerprint density at radius 3 is 2.53 bits per heavy atom. The van der Waals surface area contributed by atoms with E-state index in [2.05, 4.69) is 20.4 Å². The lowest BCUT2D eigenvalue weighted by Gasteiger charge is -2.17. The van der Waals surface area contributed by atoms with Gasteiger partial charge in [0.1, 0.15) is 22.9 Å². The highest BCUT2D eigenvalue weighted by molar-refractivity contribution is 7.99. The van der Waals surface area contributed by atoms with E-state index in [1.807, 2.05) is 27.7 Å². The summed E-state index contributed by atoms with van der Waals surface area (Å²) < 4.78 is 5.31. The molecule has 2 aromatic rings. The van der Waals surface area contributed by atoms with E-state index in [0.29, 0.717) is 16.9 Å².